The van der Waals surface area contributed by atoms with E-state index >= 15 is 0 Å². The predicted molar refractivity (Wildman–Crippen MR) is 67.7 cm³/mol. The minimum Gasteiger partial charge on any atom is -0.478 e. The molecule has 0 unspecified atom stereocenters. The van der Waals surface area contributed by atoms with Crippen LogP contribution in [0.1, 0.15) is 40.5 Å². The third kappa shape index (κ3) is 9.35. The topological polar surface area (TPSA) is 63.6 Å². The van der Waals surface area contributed by atoms with Crippen molar-refractivity contribution in [1.82, 2.24) is 0 Å². The fraction of sp³-hybridized carbons (Fsp3) is 0.538. The van der Waals surface area contributed by atoms with Crippen molar-refractivity contribution in [3.05, 3.63) is 23.3 Å². The summed E-state index contributed by atoms with van der Waals surface area (Å²) in [6.45, 7) is 10.5. The second-order valence-electron chi connectivity index (χ2n) is 3.73. The van der Waals surface area contributed by atoms with E-state index in [1.807, 2.05) is 13.8 Å². The number of carboxylic acids is 1. The number of ether oxygens (including phenoxy) is 1. The second kappa shape index (κ2) is 9.63. The van der Waals surface area contributed by atoms with Crippen LogP contribution in [0.25, 0.3) is 0 Å². The number of carbonyl (C=O) groups is 2. The summed E-state index contributed by atoms with van der Waals surface area (Å²) in [5.41, 5.74) is 1.90. The Hall–Kier alpha value is -1.58. The number of aliphatic carboxylic acids is 1. The molecule has 0 radical (unpaired) electrons. The number of allylic oxidation sites excluding steroid dienone is 1. The average molecular weight is 242 g/mol. The van der Waals surface area contributed by atoms with Gasteiger partial charge in [0, 0.05) is 11.1 Å². The van der Waals surface area contributed by atoms with Gasteiger partial charge in [0.25, 0.3) is 0 Å². The van der Waals surface area contributed by atoms with Crippen molar-refractivity contribution in [2.75, 3.05) is 7.11 Å². The van der Waals surface area contributed by atoms with Crippen LogP contribution >= 0.6 is 0 Å². The molecule has 0 atom stereocenters. The van der Waals surface area contributed by atoms with Crippen LogP contribution in [0.4, 0.5) is 0 Å². The molecule has 1 N–H and O–H groups in total. The Morgan fingerprint density at radius 2 is 1.71 bits per heavy atom. The minimum absolute atomic E-state index is 0.347. The molecule has 0 aromatic carbocycles. The highest BCUT2D eigenvalue weighted by Crippen LogP contribution is 2.09. The van der Waals surface area contributed by atoms with Crippen LogP contribution < -0.4 is 0 Å². The molecular formula is C13H22O4. The summed E-state index contributed by atoms with van der Waals surface area (Å²) in [5.74, 6) is -1.15. The Bertz CT molecular complexity index is 313. The van der Waals surface area contributed by atoms with Crippen molar-refractivity contribution in [1.29, 1.82) is 0 Å². The van der Waals surface area contributed by atoms with Gasteiger partial charge >= 0.3 is 11.9 Å². The largest absolute Gasteiger partial charge is 0.478 e. The first kappa shape index (κ1) is 17.8. The van der Waals surface area contributed by atoms with Gasteiger partial charge in [-0.2, -0.15) is 0 Å². The maximum absolute atomic E-state index is 10.4. The molecule has 0 bridgehead atoms. The molecule has 0 heterocycles. The van der Waals surface area contributed by atoms with E-state index in [2.05, 4.69) is 11.3 Å². The van der Waals surface area contributed by atoms with Gasteiger partial charge in [0.15, 0.2) is 0 Å². The molecule has 0 aliphatic rings. The summed E-state index contributed by atoms with van der Waals surface area (Å²) >= 11 is 0. The third-order valence-electron chi connectivity index (χ3n) is 2.12. The van der Waals surface area contributed by atoms with Crippen LogP contribution in [-0.2, 0) is 14.3 Å². The van der Waals surface area contributed by atoms with Crippen LogP contribution in [0.5, 0.6) is 0 Å². The molecule has 0 saturated heterocycles. The lowest BCUT2D eigenvalue weighted by Gasteiger charge is -1.99. The Labute approximate surface area is 103 Å². The summed E-state index contributed by atoms with van der Waals surface area (Å²) in [4.78, 5) is 20.5. The molecule has 98 valence electrons. The highest BCUT2D eigenvalue weighted by molar-refractivity contribution is 5.87. The van der Waals surface area contributed by atoms with E-state index in [-0.39, 0.29) is 5.97 Å². The number of esters is 1. The fourth-order valence-corrected chi connectivity index (χ4v) is 0.919. The highest BCUT2D eigenvalue weighted by atomic mass is 16.5. The number of hydrogen-bond acceptors (Lipinski definition) is 3. The fourth-order valence-electron chi connectivity index (χ4n) is 0.919. The van der Waals surface area contributed by atoms with Gasteiger partial charge in [0.2, 0.25) is 0 Å². The van der Waals surface area contributed by atoms with E-state index in [1.165, 1.54) is 7.11 Å². The number of hydrogen-bond donors (Lipinski definition) is 1. The molecule has 0 saturated carbocycles. The molecule has 0 aromatic heterocycles. The zero-order chi connectivity index (χ0) is 14.0. The van der Waals surface area contributed by atoms with Gasteiger partial charge in [-0.05, 0) is 27.2 Å². The van der Waals surface area contributed by atoms with E-state index in [0.29, 0.717) is 11.1 Å². The van der Waals surface area contributed by atoms with Gasteiger partial charge < -0.3 is 9.84 Å². The molecule has 0 aliphatic carbocycles. The summed E-state index contributed by atoms with van der Waals surface area (Å²) in [6, 6.07) is 0. The highest BCUT2D eigenvalue weighted by Gasteiger charge is 2.02. The van der Waals surface area contributed by atoms with Crippen LogP contribution in [0.3, 0.4) is 0 Å². The van der Waals surface area contributed by atoms with E-state index in [0.717, 1.165) is 18.4 Å². The number of carboxylic acid groups (broad SMARTS) is 1. The Balaban J connectivity index is 0. The molecule has 0 aromatic rings. The second-order valence-corrected chi connectivity index (χ2v) is 3.73. The van der Waals surface area contributed by atoms with Crippen LogP contribution in [-0.4, -0.2) is 24.2 Å². The molecule has 4 heteroatoms. The lowest BCUT2D eigenvalue weighted by Crippen LogP contribution is -1.99. The average Bonchev–Trinajstić information content (AvgIpc) is 2.27. The van der Waals surface area contributed by atoms with E-state index in [4.69, 9.17) is 5.11 Å². The van der Waals surface area contributed by atoms with Crippen LogP contribution in [0, 0.1) is 0 Å². The Morgan fingerprint density at radius 3 is 1.88 bits per heavy atom. The normalized spacial score (nSPS) is 10.6. The van der Waals surface area contributed by atoms with E-state index < -0.39 is 5.97 Å². The Kier molecular flexibility index (Phi) is 10.1. The first-order chi connectivity index (χ1) is 7.77. The summed E-state index contributed by atoms with van der Waals surface area (Å²) in [7, 11) is 1.33. The van der Waals surface area contributed by atoms with Gasteiger partial charge in [0.1, 0.15) is 0 Å². The Morgan fingerprint density at radius 1 is 1.24 bits per heavy atom. The molecule has 0 amide bonds. The van der Waals surface area contributed by atoms with Crippen molar-refractivity contribution < 1.29 is 19.4 Å². The minimum atomic E-state index is -0.800. The summed E-state index contributed by atoms with van der Waals surface area (Å²) in [6.07, 6.45) is 1.90. The smallest absolute Gasteiger partial charge is 0.332 e. The van der Waals surface area contributed by atoms with Gasteiger partial charge in [-0.15, -0.1) is 0 Å². The van der Waals surface area contributed by atoms with Gasteiger partial charge in [-0.25, -0.2) is 9.59 Å². The maximum Gasteiger partial charge on any atom is 0.332 e. The number of methoxy groups -OCH3 is 1. The predicted octanol–water partition coefficient (Wildman–Crippen LogP) is 2.94. The van der Waals surface area contributed by atoms with Crippen molar-refractivity contribution >= 4 is 11.9 Å². The first-order valence-corrected chi connectivity index (χ1v) is 5.41. The lowest BCUT2D eigenvalue weighted by molar-refractivity contribution is -0.136. The number of carbonyl (C=O) groups excluding carboxylic acids is 1. The molecule has 17 heavy (non-hydrogen) atoms. The summed E-state index contributed by atoms with van der Waals surface area (Å²) < 4.78 is 4.27. The van der Waals surface area contributed by atoms with E-state index in [1.54, 1.807) is 13.8 Å². The number of rotatable bonds is 4. The van der Waals surface area contributed by atoms with Crippen LogP contribution in [0.2, 0.25) is 0 Å². The van der Waals surface area contributed by atoms with Crippen LogP contribution in [0.15, 0.2) is 23.3 Å². The van der Waals surface area contributed by atoms with Crippen molar-refractivity contribution in [3.63, 3.8) is 0 Å². The lowest BCUT2D eigenvalue weighted by atomic mass is 10.1. The standard InChI is InChI=1S/C8H14O2.C5H8O2/c1-4-5-6(2)7(3)8(9)10;1-4(2)5(6)7-3/h4-5H2,1-3H3,(H,9,10);1H2,2-3H3. The van der Waals surface area contributed by atoms with Crippen molar-refractivity contribution in [3.8, 4) is 0 Å². The van der Waals surface area contributed by atoms with Gasteiger partial charge in [-0.1, -0.05) is 25.5 Å². The molecule has 4 nitrogen and oxygen atoms in total. The summed E-state index contributed by atoms with van der Waals surface area (Å²) in [5, 5.41) is 8.52. The first-order valence-electron chi connectivity index (χ1n) is 5.41. The zero-order valence-corrected chi connectivity index (χ0v) is 11.3. The molecule has 0 rings (SSSR count). The molecule has 0 aliphatic heterocycles. The molecular weight excluding hydrogens is 220 g/mol. The van der Waals surface area contributed by atoms with Crippen molar-refractivity contribution in [2.45, 2.75) is 40.5 Å². The molecule has 0 fully saturated rings. The third-order valence-corrected chi connectivity index (χ3v) is 2.12. The van der Waals surface area contributed by atoms with Gasteiger partial charge in [0.05, 0.1) is 7.11 Å². The van der Waals surface area contributed by atoms with E-state index in [9.17, 15) is 9.59 Å². The monoisotopic (exact) mass is 242 g/mol. The van der Waals surface area contributed by atoms with Gasteiger partial charge in [-0.3, -0.25) is 0 Å². The maximum atomic E-state index is 10.4. The SMILES string of the molecule is C=C(C)C(=O)OC.CCCC(C)=C(C)C(=O)O. The van der Waals surface area contributed by atoms with Crippen molar-refractivity contribution in [2.24, 2.45) is 0 Å². The quantitative estimate of drug-likeness (QED) is 0.608. The zero-order valence-electron chi connectivity index (χ0n) is 11.3. The molecule has 0 spiro atoms.